The molecule has 0 bridgehead atoms. The van der Waals surface area contributed by atoms with Gasteiger partial charge in [0.2, 0.25) is 21.8 Å². The number of amides is 2. The zero-order chi connectivity index (χ0) is 14.8. The van der Waals surface area contributed by atoms with Crippen LogP contribution in [0.1, 0.15) is 19.8 Å². The van der Waals surface area contributed by atoms with Crippen LogP contribution in [0.15, 0.2) is 0 Å². The van der Waals surface area contributed by atoms with Crippen molar-refractivity contribution >= 4 is 21.8 Å². The molecular formula is C12H21N3O4S. The third kappa shape index (κ3) is 3.29. The highest BCUT2D eigenvalue weighted by Crippen LogP contribution is 2.21. The summed E-state index contributed by atoms with van der Waals surface area (Å²) in [6.07, 6.45) is 1.38. The molecule has 2 aliphatic rings. The van der Waals surface area contributed by atoms with Crippen molar-refractivity contribution in [1.29, 1.82) is 0 Å². The summed E-state index contributed by atoms with van der Waals surface area (Å²) >= 11 is 0. The van der Waals surface area contributed by atoms with Crippen molar-refractivity contribution in [2.24, 2.45) is 5.92 Å². The summed E-state index contributed by atoms with van der Waals surface area (Å²) in [5, 5.41) is 2.67. The van der Waals surface area contributed by atoms with Crippen LogP contribution in [0, 0.1) is 5.92 Å². The molecule has 114 valence electrons. The Hall–Kier alpha value is -1.15. The maximum atomic E-state index is 12.4. The molecule has 2 aliphatic heterocycles. The molecule has 2 heterocycles. The minimum atomic E-state index is -3.25. The number of piperidine rings is 1. The van der Waals surface area contributed by atoms with Gasteiger partial charge in [0.25, 0.3) is 0 Å². The third-order valence-corrected chi connectivity index (χ3v) is 5.69. The first kappa shape index (κ1) is 15.2. The van der Waals surface area contributed by atoms with Gasteiger partial charge in [0.05, 0.1) is 18.2 Å². The lowest BCUT2D eigenvalue weighted by Crippen LogP contribution is -2.54. The van der Waals surface area contributed by atoms with Crippen molar-refractivity contribution in [1.82, 2.24) is 14.5 Å². The van der Waals surface area contributed by atoms with E-state index in [0.29, 0.717) is 32.5 Å². The van der Waals surface area contributed by atoms with Gasteiger partial charge in [0.15, 0.2) is 0 Å². The molecule has 1 N–H and O–H groups in total. The molecule has 2 amide bonds. The van der Waals surface area contributed by atoms with E-state index >= 15 is 0 Å². The molecule has 7 nitrogen and oxygen atoms in total. The van der Waals surface area contributed by atoms with Crippen LogP contribution in [0.5, 0.6) is 0 Å². The predicted octanol–water partition coefficient (Wildman–Crippen LogP) is -0.993. The van der Waals surface area contributed by atoms with Crippen LogP contribution in [0.2, 0.25) is 0 Å². The van der Waals surface area contributed by atoms with E-state index in [2.05, 4.69) is 5.32 Å². The van der Waals surface area contributed by atoms with Crippen LogP contribution < -0.4 is 5.32 Å². The van der Waals surface area contributed by atoms with Crippen LogP contribution in [0.4, 0.5) is 0 Å². The first-order valence-corrected chi connectivity index (χ1v) is 8.58. The number of sulfonamides is 1. The molecule has 0 aromatic heterocycles. The Morgan fingerprint density at radius 1 is 1.40 bits per heavy atom. The van der Waals surface area contributed by atoms with E-state index in [1.807, 2.05) is 0 Å². The first-order valence-electron chi connectivity index (χ1n) is 6.97. The molecule has 2 saturated heterocycles. The van der Waals surface area contributed by atoms with Gasteiger partial charge in [-0.25, -0.2) is 12.7 Å². The minimum absolute atomic E-state index is 0.0556. The van der Waals surface area contributed by atoms with Gasteiger partial charge in [-0.2, -0.15) is 0 Å². The SMILES string of the molecule is CCS(=O)(=O)N1CCCC(C(=O)N2CCNC(=O)C2)C1. The highest BCUT2D eigenvalue weighted by Gasteiger charge is 2.34. The number of carbonyl (C=O) groups excluding carboxylic acids is 2. The molecule has 0 aromatic carbocycles. The second-order valence-corrected chi connectivity index (χ2v) is 7.47. The normalized spacial score (nSPS) is 25.4. The fourth-order valence-electron chi connectivity index (χ4n) is 2.66. The first-order chi connectivity index (χ1) is 9.44. The van der Waals surface area contributed by atoms with E-state index in [-0.39, 0.29) is 36.6 Å². The number of hydrogen-bond acceptors (Lipinski definition) is 4. The molecular weight excluding hydrogens is 282 g/mol. The Bertz CT molecular complexity index is 491. The summed E-state index contributed by atoms with van der Waals surface area (Å²) in [4.78, 5) is 25.2. The quantitative estimate of drug-likeness (QED) is 0.725. The Morgan fingerprint density at radius 3 is 2.80 bits per heavy atom. The molecule has 0 aromatic rings. The second kappa shape index (κ2) is 6.09. The van der Waals surface area contributed by atoms with E-state index in [1.165, 1.54) is 9.21 Å². The lowest BCUT2D eigenvalue weighted by molar-refractivity contribution is -0.142. The van der Waals surface area contributed by atoms with Gasteiger partial charge in [-0.3, -0.25) is 9.59 Å². The monoisotopic (exact) mass is 303 g/mol. The van der Waals surface area contributed by atoms with E-state index in [9.17, 15) is 18.0 Å². The van der Waals surface area contributed by atoms with Gasteiger partial charge in [-0.1, -0.05) is 0 Å². The van der Waals surface area contributed by atoms with E-state index in [0.717, 1.165) is 0 Å². The maximum Gasteiger partial charge on any atom is 0.239 e. The highest BCUT2D eigenvalue weighted by molar-refractivity contribution is 7.89. The number of nitrogens with one attached hydrogen (secondary N) is 1. The molecule has 0 aliphatic carbocycles. The van der Waals surface area contributed by atoms with Crippen molar-refractivity contribution in [3.63, 3.8) is 0 Å². The van der Waals surface area contributed by atoms with Crippen molar-refractivity contribution in [2.45, 2.75) is 19.8 Å². The Labute approximate surface area is 119 Å². The Morgan fingerprint density at radius 2 is 2.15 bits per heavy atom. The van der Waals surface area contributed by atoms with Gasteiger partial charge >= 0.3 is 0 Å². The van der Waals surface area contributed by atoms with E-state index in [4.69, 9.17) is 0 Å². The van der Waals surface area contributed by atoms with Gasteiger partial charge in [0.1, 0.15) is 0 Å². The summed E-state index contributed by atoms with van der Waals surface area (Å²) in [6.45, 7) is 3.38. The molecule has 0 spiro atoms. The Kier molecular flexibility index (Phi) is 4.64. The zero-order valence-corrected chi connectivity index (χ0v) is 12.5. The number of nitrogens with zero attached hydrogens (tertiary/aromatic N) is 2. The van der Waals surface area contributed by atoms with Crippen molar-refractivity contribution in [2.75, 3.05) is 38.5 Å². The topological polar surface area (TPSA) is 86.8 Å². The summed E-state index contributed by atoms with van der Waals surface area (Å²) in [5.74, 6) is -0.523. The molecule has 8 heteroatoms. The van der Waals surface area contributed by atoms with Crippen molar-refractivity contribution in [3.8, 4) is 0 Å². The molecule has 0 saturated carbocycles. The van der Waals surface area contributed by atoms with Gasteiger partial charge in [-0.05, 0) is 19.8 Å². The molecule has 1 atom stereocenters. The van der Waals surface area contributed by atoms with Gasteiger partial charge in [0, 0.05) is 26.2 Å². The molecule has 20 heavy (non-hydrogen) atoms. The second-order valence-electron chi connectivity index (χ2n) is 5.21. The third-order valence-electron chi connectivity index (χ3n) is 3.84. The standard InChI is InChI=1S/C12H21N3O4S/c1-2-20(18,19)15-6-3-4-10(8-15)12(17)14-7-5-13-11(16)9-14/h10H,2-9H2,1H3,(H,13,16). The minimum Gasteiger partial charge on any atom is -0.353 e. The summed E-state index contributed by atoms with van der Waals surface area (Å²) in [6, 6.07) is 0. The van der Waals surface area contributed by atoms with Crippen LogP contribution >= 0.6 is 0 Å². The summed E-state index contributed by atoms with van der Waals surface area (Å²) in [7, 11) is -3.25. The molecule has 2 rings (SSSR count). The van der Waals surface area contributed by atoms with Crippen molar-refractivity contribution in [3.05, 3.63) is 0 Å². The average molecular weight is 303 g/mol. The maximum absolute atomic E-state index is 12.4. The van der Waals surface area contributed by atoms with Crippen LogP contribution in [0.3, 0.4) is 0 Å². The van der Waals surface area contributed by atoms with Crippen LogP contribution in [-0.2, 0) is 19.6 Å². The molecule has 2 fully saturated rings. The highest BCUT2D eigenvalue weighted by atomic mass is 32.2. The lowest BCUT2D eigenvalue weighted by Gasteiger charge is -2.35. The summed E-state index contributed by atoms with van der Waals surface area (Å²) in [5.41, 5.74) is 0. The number of piperazine rings is 1. The summed E-state index contributed by atoms with van der Waals surface area (Å²) < 4.78 is 25.2. The number of rotatable bonds is 3. The number of carbonyl (C=O) groups is 2. The predicted molar refractivity (Wildman–Crippen MR) is 73.3 cm³/mol. The van der Waals surface area contributed by atoms with Crippen LogP contribution in [0.25, 0.3) is 0 Å². The fourth-order valence-corrected chi connectivity index (χ4v) is 3.84. The van der Waals surface area contributed by atoms with Gasteiger partial charge in [-0.15, -0.1) is 0 Å². The number of hydrogen-bond donors (Lipinski definition) is 1. The molecule has 1 unspecified atom stereocenters. The zero-order valence-electron chi connectivity index (χ0n) is 11.7. The van der Waals surface area contributed by atoms with Crippen LogP contribution in [-0.4, -0.2) is 67.9 Å². The largest absolute Gasteiger partial charge is 0.353 e. The van der Waals surface area contributed by atoms with Gasteiger partial charge < -0.3 is 10.2 Å². The van der Waals surface area contributed by atoms with E-state index < -0.39 is 10.0 Å². The van der Waals surface area contributed by atoms with E-state index in [1.54, 1.807) is 6.92 Å². The smallest absolute Gasteiger partial charge is 0.239 e. The lowest BCUT2D eigenvalue weighted by atomic mass is 9.98. The Balaban J connectivity index is 2.01. The fraction of sp³-hybridized carbons (Fsp3) is 0.833. The average Bonchev–Trinajstić information content (AvgIpc) is 2.46. The molecule has 0 radical (unpaired) electrons. The van der Waals surface area contributed by atoms with Crippen molar-refractivity contribution < 1.29 is 18.0 Å².